The Morgan fingerprint density at radius 2 is 1.02 bits per heavy atom. The molecular formula is C44H87NO11S. The van der Waals surface area contributed by atoms with Gasteiger partial charge in [0, 0.05) is 6.42 Å². The highest BCUT2D eigenvalue weighted by Crippen LogP contribution is 2.26. The summed E-state index contributed by atoms with van der Waals surface area (Å²) in [4.78, 5) is 13.0. The lowest BCUT2D eigenvalue weighted by Crippen LogP contribution is -2.61. The molecule has 0 saturated carbocycles. The minimum Gasteiger partial charge on any atom is -0.394 e. The summed E-state index contributed by atoms with van der Waals surface area (Å²) < 4.78 is 47.6. The van der Waals surface area contributed by atoms with Gasteiger partial charge in [-0.05, 0) is 12.8 Å². The second-order valence-corrected chi connectivity index (χ2v) is 17.8. The summed E-state index contributed by atoms with van der Waals surface area (Å²) in [5.41, 5.74) is 0. The summed E-state index contributed by atoms with van der Waals surface area (Å²) in [6.07, 6.45) is 28.1. The van der Waals surface area contributed by atoms with Gasteiger partial charge in [0.1, 0.15) is 24.4 Å². The number of rotatable bonds is 40. The molecule has 6 N–H and O–H groups in total. The summed E-state index contributed by atoms with van der Waals surface area (Å²) in [5.74, 6) is -0.227. The molecule has 1 rings (SSSR count). The topological polar surface area (TPSA) is 192 Å². The lowest BCUT2D eigenvalue weighted by Gasteiger charge is -2.41. The molecule has 13 heteroatoms. The molecule has 1 saturated heterocycles. The number of hydrogen-bond donors (Lipinski definition) is 6. The van der Waals surface area contributed by atoms with Gasteiger partial charge >= 0.3 is 10.4 Å². The molecule has 1 aliphatic rings. The number of carbonyl (C=O) groups is 1. The van der Waals surface area contributed by atoms with E-state index in [0.29, 0.717) is 12.8 Å². The van der Waals surface area contributed by atoms with Crippen molar-refractivity contribution in [3.63, 3.8) is 0 Å². The van der Waals surface area contributed by atoms with Crippen molar-refractivity contribution in [1.29, 1.82) is 0 Å². The predicted octanol–water partition coefficient (Wildman–Crippen LogP) is 9.00. The van der Waals surface area contributed by atoms with Crippen LogP contribution in [0.3, 0.4) is 0 Å². The average Bonchev–Trinajstić information content (AvgIpc) is 3.18. The van der Waals surface area contributed by atoms with E-state index < -0.39 is 59.9 Å². The van der Waals surface area contributed by atoms with Crippen LogP contribution in [0.15, 0.2) is 0 Å². The first-order chi connectivity index (χ1) is 27.5. The first kappa shape index (κ1) is 54.1. The Hall–Kier alpha value is -0.900. The standard InChI is InChI=1S/C44H87NO11S/c1-3-5-7-9-11-13-15-17-18-19-20-22-23-25-27-29-31-33-38(47)37(36-54-44-42(50)43(56-57(51,52)53)41(49)39(35-46)55-44)45-40(48)34-32-30-28-26-24-21-16-14-12-10-8-6-4-2/h37-39,41-44,46-47,49-50H,3-36H2,1-2H3,(H,45,48)(H,51,52,53). The van der Waals surface area contributed by atoms with Crippen LogP contribution in [0.1, 0.15) is 219 Å². The minimum absolute atomic E-state index is 0.227. The van der Waals surface area contributed by atoms with Gasteiger partial charge in [0.2, 0.25) is 5.91 Å². The third kappa shape index (κ3) is 29.1. The van der Waals surface area contributed by atoms with Gasteiger partial charge in [0.25, 0.3) is 0 Å². The van der Waals surface area contributed by atoms with E-state index in [1.165, 1.54) is 141 Å². The second kappa shape index (κ2) is 35.8. The fourth-order valence-corrected chi connectivity index (χ4v) is 8.26. The van der Waals surface area contributed by atoms with Gasteiger partial charge < -0.3 is 35.2 Å². The third-order valence-corrected chi connectivity index (χ3v) is 11.9. The van der Waals surface area contributed by atoms with Crippen LogP contribution < -0.4 is 5.32 Å². The summed E-state index contributed by atoms with van der Waals surface area (Å²) in [6.45, 7) is 3.45. The molecule has 0 bridgehead atoms. The Labute approximate surface area is 347 Å². The molecule has 0 spiro atoms. The highest BCUT2D eigenvalue weighted by atomic mass is 32.3. The predicted molar refractivity (Wildman–Crippen MR) is 227 cm³/mol. The van der Waals surface area contributed by atoms with Crippen molar-refractivity contribution in [3.8, 4) is 0 Å². The Kier molecular flexibility index (Phi) is 34.0. The van der Waals surface area contributed by atoms with Gasteiger partial charge in [-0.3, -0.25) is 9.35 Å². The van der Waals surface area contributed by atoms with E-state index in [0.717, 1.165) is 51.4 Å². The van der Waals surface area contributed by atoms with Gasteiger partial charge in [-0.15, -0.1) is 0 Å². The molecule has 340 valence electrons. The van der Waals surface area contributed by atoms with Crippen molar-refractivity contribution in [3.05, 3.63) is 0 Å². The average molecular weight is 838 g/mol. The molecular weight excluding hydrogens is 751 g/mol. The van der Waals surface area contributed by atoms with Crippen LogP contribution in [0.4, 0.5) is 0 Å². The molecule has 0 aromatic carbocycles. The number of unbranched alkanes of at least 4 members (excludes halogenated alkanes) is 28. The Morgan fingerprint density at radius 1 is 0.632 bits per heavy atom. The van der Waals surface area contributed by atoms with E-state index in [2.05, 4.69) is 23.3 Å². The molecule has 12 nitrogen and oxygen atoms in total. The van der Waals surface area contributed by atoms with Crippen molar-refractivity contribution in [2.75, 3.05) is 13.2 Å². The van der Waals surface area contributed by atoms with E-state index in [1.807, 2.05) is 0 Å². The molecule has 1 amide bonds. The molecule has 0 radical (unpaired) electrons. The first-order valence-corrected chi connectivity index (χ1v) is 24.8. The molecule has 1 fully saturated rings. The molecule has 0 aromatic rings. The summed E-state index contributed by atoms with van der Waals surface area (Å²) >= 11 is 0. The summed E-state index contributed by atoms with van der Waals surface area (Å²) in [7, 11) is -5.07. The van der Waals surface area contributed by atoms with Gasteiger partial charge in [-0.25, -0.2) is 4.18 Å². The lowest BCUT2D eigenvalue weighted by molar-refractivity contribution is -0.298. The number of hydrogen-bond acceptors (Lipinski definition) is 10. The molecule has 7 unspecified atom stereocenters. The van der Waals surface area contributed by atoms with Gasteiger partial charge in [-0.2, -0.15) is 8.42 Å². The molecule has 1 aliphatic heterocycles. The van der Waals surface area contributed by atoms with Crippen LogP contribution in [0.25, 0.3) is 0 Å². The van der Waals surface area contributed by atoms with Crippen molar-refractivity contribution in [1.82, 2.24) is 5.32 Å². The van der Waals surface area contributed by atoms with Crippen LogP contribution in [-0.2, 0) is 28.9 Å². The van der Waals surface area contributed by atoms with E-state index in [-0.39, 0.29) is 12.5 Å². The van der Waals surface area contributed by atoms with Crippen LogP contribution in [-0.4, -0.2) is 95.4 Å². The summed E-state index contributed by atoms with van der Waals surface area (Å²) in [5, 5.41) is 44.8. The molecule has 0 aliphatic carbocycles. The minimum atomic E-state index is -5.07. The highest BCUT2D eigenvalue weighted by molar-refractivity contribution is 7.80. The maximum absolute atomic E-state index is 13.0. The number of carbonyl (C=O) groups excluding carboxylic acids is 1. The monoisotopic (exact) mass is 838 g/mol. The fraction of sp³-hybridized carbons (Fsp3) is 0.977. The largest absolute Gasteiger partial charge is 0.397 e. The Morgan fingerprint density at radius 3 is 1.40 bits per heavy atom. The maximum atomic E-state index is 13.0. The van der Waals surface area contributed by atoms with Crippen LogP contribution in [0, 0.1) is 0 Å². The van der Waals surface area contributed by atoms with Gasteiger partial charge in [0.15, 0.2) is 6.29 Å². The zero-order chi connectivity index (χ0) is 42.0. The SMILES string of the molecule is CCCCCCCCCCCCCCCCCCCC(O)C(COC1OC(CO)C(O)C(OS(=O)(=O)O)C1O)NC(=O)CCCCCCCCCCCCCCC. The van der Waals surface area contributed by atoms with E-state index in [4.69, 9.17) is 9.47 Å². The van der Waals surface area contributed by atoms with Crippen LogP contribution in [0.2, 0.25) is 0 Å². The zero-order valence-corrected chi connectivity index (χ0v) is 37.0. The quantitative estimate of drug-likeness (QED) is 0.0255. The molecule has 0 aromatic heterocycles. The van der Waals surface area contributed by atoms with Gasteiger partial charge in [-0.1, -0.05) is 200 Å². The van der Waals surface area contributed by atoms with E-state index in [1.54, 1.807) is 0 Å². The number of ether oxygens (including phenoxy) is 2. The molecule has 1 heterocycles. The fourth-order valence-electron chi connectivity index (χ4n) is 7.75. The lowest BCUT2D eigenvalue weighted by atomic mass is 9.99. The van der Waals surface area contributed by atoms with Crippen molar-refractivity contribution in [2.24, 2.45) is 0 Å². The number of aliphatic hydroxyl groups is 4. The highest BCUT2D eigenvalue weighted by Gasteiger charge is 2.48. The maximum Gasteiger partial charge on any atom is 0.397 e. The van der Waals surface area contributed by atoms with E-state index in [9.17, 15) is 38.2 Å². The number of aliphatic hydroxyl groups excluding tert-OH is 4. The Balaban J connectivity index is 2.48. The smallest absolute Gasteiger partial charge is 0.394 e. The van der Waals surface area contributed by atoms with Crippen molar-refractivity contribution >= 4 is 16.3 Å². The third-order valence-electron chi connectivity index (χ3n) is 11.4. The van der Waals surface area contributed by atoms with Crippen LogP contribution in [0.5, 0.6) is 0 Å². The Bertz CT molecular complexity index is 1040. The summed E-state index contributed by atoms with van der Waals surface area (Å²) in [6, 6.07) is -0.850. The van der Waals surface area contributed by atoms with Crippen LogP contribution >= 0.6 is 0 Å². The van der Waals surface area contributed by atoms with Crippen molar-refractivity contribution < 1.29 is 51.8 Å². The zero-order valence-electron chi connectivity index (χ0n) is 36.2. The number of nitrogens with one attached hydrogen (secondary N) is 1. The molecule has 57 heavy (non-hydrogen) atoms. The normalized spacial score (nSPS) is 21.1. The molecule has 7 atom stereocenters. The van der Waals surface area contributed by atoms with Crippen molar-refractivity contribution in [2.45, 2.75) is 262 Å². The second-order valence-electron chi connectivity index (χ2n) is 16.7. The first-order valence-electron chi connectivity index (χ1n) is 23.4. The number of amides is 1. The van der Waals surface area contributed by atoms with E-state index >= 15 is 0 Å². The van der Waals surface area contributed by atoms with Gasteiger partial charge in [0.05, 0.1) is 25.4 Å².